The summed E-state index contributed by atoms with van der Waals surface area (Å²) < 4.78 is 10.2. The second kappa shape index (κ2) is 8.17. The molecule has 0 aromatic rings. The Morgan fingerprint density at radius 1 is 1.07 bits per heavy atom. The maximum Gasteiger partial charge on any atom is 0.0700 e. The van der Waals surface area contributed by atoms with Crippen LogP contribution in [0.15, 0.2) is 0 Å². The fourth-order valence-corrected chi connectivity index (χ4v) is 1.57. The van der Waals surface area contributed by atoms with Crippen LogP contribution in [0.2, 0.25) is 0 Å². The van der Waals surface area contributed by atoms with E-state index in [1.165, 1.54) is 32.4 Å². The number of hydrazine groups is 1. The minimum Gasteiger partial charge on any atom is -0.382 e. The van der Waals surface area contributed by atoms with Crippen molar-refractivity contribution in [2.45, 2.75) is 19.3 Å². The minimum atomic E-state index is 0.684. The predicted octanol–water partition coefficient (Wildman–Crippen LogP) is 0.640. The van der Waals surface area contributed by atoms with Crippen LogP contribution in [0.4, 0.5) is 0 Å². The lowest BCUT2D eigenvalue weighted by molar-refractivity contribution is 0.0582. The van der Waals surface area contributed by atoms with Gasteiger partial charge in [0.05, 0.1) is 19.8 Å². The smallest absolute Gasteiger partial charge is 0.0700 e. The zero-order valence-electron chi connectivity index (χ0n) is 9.13. The monoisotopic (exact) mass is 202 g/mol. The van der Waals surface area contributed by atoms with Gasteiger partial charge in [0.25, 0.3) is 0 Å². The van der Waals surface area contributed by atoms with Gasteiger partial charge in [-0.15, -0.1) is 0 Å². The number of methoxy groups -OCH3 is 1. The molecule has 1 heterocycles. The molecule has 0 aromatic carbocycles. The highest BCUT2D eigenvalue weighted by Gasteiger charge is 2.07. The highest BCUT2D eigenvalue weighted by Crippen LogP contribution is 2.05. The summed E-state index contributed by atoms with van der Waals surface area (Å²) in [6.07, 6.45) is 4.01. The van der Waals surface area contributed by atoms with E-state index < -0.39 is 0 Å². The Bertz CT molecular complexity index is 127. The molecule has 0 amide bonds. The molecule has 0 spiro atoms. The van der Waals surface area contributed by atoms with Gasteiger partial charge in [0, 0.05) is 26.7 Å². The Kier molecular flexibility index (Phi) is 6.95. The number of nitrogens with one attached hydrogen (secondary N) is 1. The second-order valence-electron chi connectivity index (χ2n) is 3.56. The zero-order chi connectivity index (χ0) is 10.1. The van der Waals surface area contributed by atoms with Gasteiger partial charge < -0.3 is 9.47 Å². The fraction of sp³-hybridized carbons (Fsp3) is 1.00. The zero-order valence-corrected chi connectivity index (χ0v) is 9.13. The van der Waals surface area contributed by atoms with E-state index in [2.05, 4.69) is 10.4 Å². The van der Waals surface area contributed by atoms with Gasteiger partial charge in [0.15, 0.2) is 0 Å². The van der Waals surface area contributed by atoms with Crippen LogP contribution in [0, 0.1) is 0 Å². The molecule has 0 atom stereocenters. The molecule has 4 heteroatoms. The summed E-state index contributed by atoms with van der Waals surface area (Å²) >= 11 is 0. The van der Waals surface area contributed by atoms with Gasteiger partial charge in [0.1, 0.15) is 0 Å². The second-order valence-corrected chi connectivity index (χ2v) is 3.56. The molecule has 0 saturated carbocycles. The van der Waals surface area contributed by atoms with Crippen LogP contribution in [0.5, 0.6) is 0 Å². The van der Waals surface area contributed by atoms with E-state index in [-0.39, 0.29) is 0 Å². The molecule has 84 valence electrons. The van der Waals surface area contributed by atoms with Crippen molar-refractivity contribution in [1.82, 2.24) is 10.4 Å². The average molecular weight is 202 g/mol. The molecular weight excluding hydrogens is 180 g/mol. The van der Waals surface area contributed by atoms with Crippen LogP contribution in [0.3, 0.4) is 0 Å². The largest absolute Gasteiger partial charge is 0.382 e. The van der Waals surface area contributed by atoms with E-state index in [1.807, 2.05) is 0 Å². The number of piperidine rings is 1. The highest BCUT2D eigenvalue weighted by atomic mass is 16.5. The van der Waals surface area contributed by atoms with Crippen LogP contribution in [-0.2, 0) is 9.47 Å². The lowest BCUT2D eigenvalue weighted by Gasteiger charge is -2.26. The van der Waals surface area contributed by atoms with Crippen LogP contribution in [0.1, 0.15) is 19.3 Å². The number of ether oxygens (including phenoxy) is 2. The third-order valence-corrected chi connectivity index (χ3v) is 2.37. The van der Waals surface area contributed by atoms with Gasteiger partial charge in [0.2, 0.25) is 0 Å². The molecule has 1 N–H and O–H groups in total. The topological polar surface area (TPSA) is 33.7 Å². The SMILES string of the molecule is COCCOCCNN1CCCCC1. The van der Waals surface area contributed by atoms with Gasteiger partial charge in [-0.05, 0) is 12.8 Å². The molecule has 0 bridgehead atoms. The van der Waals surface area contributed by atoms with E-state index >= 15 is 0 Å². The summed E-state index contributed by atoms with van der Waals surface area (Å²) in [4.78, 5) is 0. The predicted molar refractivity (Wildman–Crippen MR) is 56.1 cm³/mol. The maximum absolute atomic E-state index is 5.35. The van der Waals surface area contributed by atoms with Gasteiger partial charge in [-0.1, -0.05) is 6.42 Å². The quantitative estimate of drug-likeness (QED) is 0.614. The van der Waals surface area contributed by atoms with Gasteiger partial charge in [-0.25, -0.2) is 5.01 Å². The number of hydrogen-bond donors (Lipinski definition) is 1. The Labute approximate surface area is 86.5 Å². The number of nitrogens with zero attached hydrogens (tertiary/aromatic N) is 1. The first-order valence-corrected chi connectivity index (χ1v) is 5.48. The molecule has 1 aliphatic rings. The third kappa shape index (κ3) is 5.54. The first kappa shape index (κ1) is 11.9. The highest BCUT2D eigenvalue weighted by molar-refractivity contribution is 4.60. The summed E-state index contributed by atoms with van der Waals surface area (Å²) in [6, 6.07) is 0. The van der Waals surface area contributed by atoms with Crippen molar-refractivity contribution in [1.29, 1.82) is 0 Å². The Balaban J connectivity index is 1.82. The van der Waals surface area contributed by atoms with Crippen molar-refractivity contribution < 1.29 is 9.47 Å². The van der Waals surface area contributed by atoms with E-state index in [1.54, 1.807) is 7.11 Å². The van der Waals surface area contributed by atoms with E-state index in [0.29, 0.717) is 13.2 Å². The van der Waals surface area contributed by atoms with Gasteiger partial charge in [-0.3, -0.25) is 5.43 Å². The minimum absolute atomic E-state index is 0.684. The summed E-state index contributed by atoms with van der Waals surface area (Å²) in [5.74, 6) is 0. The number of hydrogen-bond acceptors (Lipinski definition) is 4. The number of rotatable bonds is 7. The molecule has 14 heavy (non-hydrogen) atoms. The molecule has 1 saturated heterocycles. The van der Waals surface area contributed by atoms with Crippen molar-refractivity contribution >= 4 is 0 Å². The van der Waals surface area contributed by atoms with Crippen LogP contribution < -0.4 is 5.43 Å². The van der Waals surface area contributed by atoms with Crippen molar-refractivity contribution in [2.24, 2.45) is 0 Å². The van der Waals surface area contributed by atoms with E-state index in [0.717, 1.165) is 13.2 Å². The van der Waals surface area contributed by atoms with Crippen LogP contribution >= 0.6 is 0 Å². The molecule has 1 rings (SSSR count). The lowest BCUT2D eigenvalue weighted by atomic mass is 10.2. The van der Waals surface area contributed by atoms with Gasteiger partial charge in [-0.2, -0.15) is 0 Å². The summed E-state index contributed by atoms with van der Waals surface area (Å²) in [5, 5.41) is 2.29. The summed E-state index contributed by atoms with van der Waals surface area (Å²) in [5.41, 5.74) is 3.37. The standard InChI is InChI=1S/C10H22N2O2/c1-13-9-10-14-8-5-11-12-6-3-2-4-7-12/h11H,2-10H2,1H3. The molecule has 0 aromatic heterocycles. The average Bonchev–Trinajstić information content (AvgIpc) is 2.25. The summed E-state index contributed by atoms with van der Waals surface area (Å²) in [6.45, 7) is 5.40. The Morgan fingerprint density at radius 2 is 1.86 bits per heavy atom. The van der Waals surface area contributed by atoms with E-state index in [4.69, 9.17) is 9.47 Å². The van der Waals surface area contributed by atoms with Crippen molar-refractivity contribution in [3.63, 3.8) is 0 Å². The molecule has 4 nitrogen and oxygen atoms in total. The van der Waals surface area contributed by atoms with Crippen molar-refractivity contribution in [3.05, 3.63) is 0 Å². The molecule has 1 aliphatic heterocycles. The Morgan fingerprint density at radius 3 is 2.57 bits per heavy atom. The third-order valence-electron chi connectivity index (χ3n) is 2.37. The van der Waals surface area contributed by atoms with Crippen molar-refractivity contribution in [2.75, 3.05) is 46.6 Å². The first-order chi connectivity index (χ1) is 6.93. The molecule has 0 radical (unpaired) electrons. The maximum atomic E-state index is 5.35. The lowest BCUT2D eigenvalue weighted by Crippen LogP contribution is -2.43. The Hall–Kier alpha value is -0.160. The fourth-order valence-electron chi connectivity index (χ4n) is 1.57. The first-order valence-electron chi connectivity index (χ1n) is 5.48. The van der Waals surface area contributed by atoms with Crippen LogP contribution in [-0.4, -0.2) is 51.6 Å². The molecule has 1 fully saturated rings. The van der Waals surface area contributed by atoms with Crippen LogP contribution in [0.25, 0.3) is 0 Å². The molecule has 0 aliphatic carbocycles. The molecular formula is C10H22N2O2. The van der Waals surface area contributed by atoms with Gasteiger partial charge >= 0.3 is 0 Å². The normalized spacial score (nSPS) is 18.6. The molecule has 0 unspecified atom stereocenters. The van der Waals surface area contributed by atoms with Crippen molar-refractivity contribution in [3.8, 4) is 0 Å². The van der Waals surface area contributed by atoms with E-state index in [9.17, 15) is 0 Å². The summed E-state index contributed by atoms with van der Waals surface area (Å²) in [7, 11) is 1.69.